The number of hydrogen-bond acceptors (Lipinski definition) is 7. The van der Waals surface area contributed by atoms with Gasteiger partial charge in [0.15, 0.2) is 11.3 Å². The number of nitrogens with two attached hydrogens (primary N) is 2. The van der Waals surface area contributed by atoms with Crippen LogP contribution in [0.2, 0.25) is 0 Å². The zero-order valence-electron chi connectivity index (χ0n) is 15.2. The highest BCUT2D eigenvalue weighted by Gasteiger charge is 2.48. The molecule has 144 valence electrons. The van der Waals surface area contributed by atoms with Crippen molar-refractivity contribution >= 4 is 29.5 Å². The summed E-state index contributed by atoms with van der Waals surface area (Å²) in [6, 6.07) is -1.34. The summed E-state index contributed by atoms with van der Waals surface area (Å²) in [6.45, 7) is 4.26. The van der Waals surface area contributed by atoms with E-state index >= 15 is 0 Å². The van der Waals surface area contributed by atoms with Gasteiger partial charge in [0.1, 0.15) is 0 Å². The average Bonchev–Trinajstić information content (AvgIpc) is 2.58. The Kier molecular flexibility index (Phi) is 7.89. The lowest BCUT2D eigenvalue weighted by Crippen LogP contribution is -2.63. The molecule has 0 heterocycles. The standard InChI is InChI=1S/C17H30N2O5S/c1-11(2)16(7-5-4-6-8-16)25-10-17(19,15(23)24-3)14(22)12(18)9-13(20)21/h11-12H,4-10,18-19H2,1-3H3,(H,20,21)/t12-,17+/m0/s1. The Hall–Kier alpha value is -1.12. The molecule has 0 aromatic carbocycles. The molecular weight excluding hydrogens is 344 g/mol. The maximum absolute atomic E-state index is 12.6. The smallest absolute Gasteiger partial charge is 0.334 e. The first kappa shape index (κ1) is 21.9. The first-order chi connectivity index (χ1) is 11.6. The first-order valence-corrected chi connectivity index (χ1v) is 9.60. The molecule has 7 nitrogen and oxygen atoms in total. The molecule has 1 saturated carbocycles. The molecule has 0 radical (unpaired) electrons. The largest absolute Gasteiger partial charge is 0.481 e. The Balaban J connectivity index is 3.00. The van der Waals surface area contributed by atoms with Crippen molar-refractivity contribution < 1.29 is 24.2 Å². The summed E-state index contributed by atoms with van der Waals surface area (Å²) >= 11 is 1.52. The Morgan fingerprint density at radius 2 is 1.80 bits per heavy atom. The van der Waals surface area contributed by atoms with Crippen LogP contribution in [-0.2, 0) is 19.1 Å². The SMILES string of the molecule is COC(=O)[C@@](N)(CSC1(C(C)C)CCCCC1)C(=O)[C@@H](N)CC(=O)O. The van der Waals surface area contributed by atoms with Gasteiger partial charge in [0, 0.05) is 10.5 Å². The maximum atomic E-state index is 12.6. The summed E-state index contributed by atoms with van der Waals surface area (Å²) in [5.41, 5.74) is 9.86. The Labute approximate surface area is 153 Å². The summed E-state index contributed by atoms with van der Waals surface area (Å²) < 4.78 is 4.68. The average molecular weight is 375 g/mol. The molecule has 25 heavy (non-hydrogen) atoms. The molecule has 0 aromatic heterocycles. The van der Waals surface area contributed by atoms with E-state index in [1.165, 1.54) is 18.2 Å². The number of esters is 1. The normalized spacial score (nSPS) is 20.6. The second kappa shape index (κ2) is 9.00. The molecule has 0 amide bonds. The van der Waals surface area contributed by atoms with Crippen LogP contribution in [-0.4, -0.2) is 52.0 Å². The predicted octanol–water partition coefficient (Wildman–Crippen LogP) is 1.32. The Morgan fingerprint density at radius 3 is 2.24 bits per heavy atom. The van der Waals surface area contributed by atoms with E-state index in [0.717, 1.165) is 32.8 Å². The number of ether oxygens (including phenoxy) is 1. The highest BCUT2D eigenvalue weighted by molar-refractivity contribution is 8.00. The lowest BCUT2D eigenvalue weighted by molar-refractivity contribution is -0.151. The number of aliphatic carboxylic acids is 1. The molecule has 0 unspecified atom stereocenters. The predicted molar refractivity (Wildman–Crippen MR) is 97.3 cm³/mol. The summed E-state index contributed by atoms with van der Waals surface area (Å²) in [4.78, 5) is 35.7. The third-order valence-corrected chi connectivity index (χ3v) is 7.11. The van der Waals surface area contributed by atoms with Gasteiger partial charge >= 0.3 is 11.9 Å². The summed E-state index contributed by atoms with van der Waals surface area (Å²) in [6.07, 6.45) is 4.82. The van der Waals surface area contributed by atoms with Crippen LogP contribution in [0.15, 0.2) is 0 Å². The number of carbonyl (C=O) groups excluding carboxylic acids is 2. The van der Waals surface area contributed by atoms with Gasteiger partial charge in [0.25, 0.3) is 0 Å². The van der Waals surface area contributed by atoms with Crippen LogP contribution < -0.4 is 11.5 Å². The number of carboxylic acid groups (broad SMARTS) is 1. The summed E-state index contributed by atoms with van der Waals surface area (Å²) in [5, 5.41) is 8.85. The van der Waals surface area contributed by atoms with Crippen LogP contribution in [0.3, 0.4) is 0 Å². The summed E-state index contributed by atoms with van der Waals surface area (Å²) in [5.74, 6) is -2.48. The molecule has 0 aliphatic heterocycles. The van der Waals surface area contributed by atoms with E-state index in [1.807, 2.05) is 0 Å². The van der Waals surface area contributed by atoms with Crippen LogP contribution in [0.25, 0.3) is 0 Å². The van der Waals surface area contributed by atoms with Crippen molar-refractivity contribution in [3.05, 3.63) is 0 Å². The molecule has 8 heteroatoms. The molecule has 0 spiro atoms. The molecule has 1 rings (SSSR count). The van der Waals surface area contributed by atoms with Crippen molar-refractivity contribution in [2.24, 2.45) is 17.4 Å². The monoisotopic (exact) mass is 374 g/mol. The third-order valence-electron chi connectivity index (χ3n) is 5.06. The van der Waals surface area contributed by atoms with Crippen LogP contribution in [0.1, 0.15) is 52.4 Å². The topological polar surface area (TPSA) is 133 Å². The van der Waals surface area contributed by atoms with Gasteiger partial charge in [-0.05, 0) is 18.8 Å². The van der Waals surface area contributed by atoms with Crippen LogP contribution in [0, 0.1) is 5.92 Å². The van der Waals surface area contributed by atoms with Crippen molar-refractivity contribution in [3.63, 3.8) is 0 Å². The van der Waals surface area contributed by atoms with E-state index in [-0.39, 0.29) is 10.5 Å². The lowest BCUT2D eigenvalue weighted by Gasteiger charge is -2.42. The highest BCUT2D eigenvalue weighted by atomic mass is 32.2. The minimum Gasteiger partial charge on any atom is -0.481 e. The van der Waals surface area contributed by atoms with Crippen molar-refractivity contribution in [1.82, 2.24) is 0 Å². The number of thioether (sulfide) groups is 1. The zero-order chi connectivity index (χ0) is 19.3. The van der Waals surface area contributed by atoms with Crippen molar-refractivity contribution in [3.8, 4) is 0 Å². The van der Waals surface area contributed by atoms with Gasteiger partial charge in [-0.1, -0.05) is 33.1 Å². The van der Waals surface area contributed by atoms with Gasteiger partial charge in [0.2, 0.25) is 0 Å². The second-order valence-electron chi connectivity index (χ2n) is 7.10. The molecule has 2 atom stereocenters. The van der Waals surface area contributed by atoms with E-state index < -0.39 is 35.7 Å². The molecule has 0 aromatic rings. The van der Waals surface area contributed by atoms with Gasteiger partial charge < -0.3 is 21.3 Å². The van der Waals surface area contributed by atoms with Crippen LogP contribution in [0.4, 0.5) is 0 Å². The number of Topliss-reactive ketones (excluding diaryl/α,β-unsaturated/α-hetero) is 1. The molecule has 1 aliphatic carbocycles. The van der Waals surface area contributed by atoms with Crippen LogP contribution >= 0.6 is 11.8 Å². The summed E-state index contributed by atoms with van der Waals surface area (Å²) in [7, 11) is 1.16. The molecule has 5 N–H and O–H groups in total. The highest BCUT2D eigenvalue weighted by Crippen LogP contribution is 2.46. The number of carbonyl (C=O) groups is 3. The zero-order valence-corrected chi connectivity index (χ0v) is 16.1. The number of ketones is 1. The van der Waals surface area contributed by atoms with E-state index in [0.29, 0.717) is 5.92 Å². The molecular formula is C17H30N2O5S. The molecule has 1 aliphatic rings. The van der Waals surface area contributed by atoms with E-state index in [9.17, 15) is 14.4 Å². The Bertz CT molecular complexity index is 505. The third kappa shape index (κ3) is 5.18. The first-order valence-electron chi connectivity index (χ1n) is 8.62. The van der Waals surface area contributed by atoms with Crippen molar-refractivity contribution in [1.29, 1.82) is 0 Å². The van der Waals surface area contributed by atoms with E-state index in [1.54, 1.807) is 0 Å². The lowest BCUT2D eigenvalue weighted by atomic mass is 9.81. The molecule has 1 fully saturated rings. The van der Waals surface area contributed by atoms with Crippen molar-refractivity contribution in [2.45, 2.75) is 68.7 Å². The van der Waals surface area contributed by atoms with Gasteiger partial charge in [0.05, 0.1) is 19.6 Å². The molecule has 0 bridgehead atoms. The molecule has 0 saturated heterocycles. The van der Waals surface area contributed by atoms with Crippen LogP contribution in [0.5, 0.6) is 0 Å². The van der Waals surface area contributed by atoms with Gasteiger partial charge in [-0.25, -0.2) is 4.79 Å². The number of hydrogen-bond donors (Lipinski definition) is 3. The van der Waals surface area contributed by atoms with Gasteiger partial charge in [-0.3, -0.25) is 9.59 Å². The number of rotatable bonds is 9. The number of carboxylic acids is 1. The minimum atomic E-state index is -1.94. The minimum absolute atomic E-state index is 0.0318. The van der Waals surface area contributed by atoms with Gasteiger partial charge in [-0.15, -0.1) is 0 Å². The fraction of sp³-hybridized carbons (Fsp3) is 0.824. The second-order valence-corrected chi connectivity index (χ2v) is 8.49. The van der Waals surface area contributed by atoms with Crippen molar-refractivity contribution in [2.75, 3.05) is 12.9 Å². The quantitative estimate of drug-likeness (QED) is 0.406. The van der Waals surface area contributed by atoms with E-state index in [4.69, 9.17) is 21.3 Å². The number of methoxy groups -OCH3 is 1. The Morgan fingerprint density at radius 1 is 1.24 bits per heavy atom. The fourth-order valence-corrected chi connectivity index (χ4v) is 5.01. The fourth-order valence-electron chi connectivity index (χ4n) is 3.32. The van der Waals surface area contributed by atoms with Gasteiger partial charge in [-0.2, -0.15) is 11.8 Å². The maximum Gasteiger partial charge on any atom is 0.334 e. The van der Waals surface area contributed by atoms with E-state index in [2.05, 4.69) is 13.8 Å².